The summed E-state index contributed by atoms with van der Waals surface area (Å²) in [5.74, 6) is 0.595. The van der Waals surface area contributed by atoms with E-state index in [0.29, 0.717) is 12.0 Å². The molecule has 112 valence electrons. The molecule has 2 aromatic rings. The van der Waals surface area contributed by atoms with Crippen molar-refractivity contribution in [2.24, 2.45) is 0 Å². The number of hydrogen-bond donors (Lipinski definition) is 1. The van der Waals surface area contributed by atoms with Gasteiger partial charge in [-0.25, -0.2) is 0 Å². The van der Waals surface area contributed by atoms with Gasteiger partial charge in [-0.3, -0.25) is 0 Å². The van der Waals surface area contributed by atoms with Gasteiger partial charge in [-0.1, -0.05) is 61.9 Å². The molecule has 0 heterocycles. The normalized spacial score (nSPS) is 12.7. The average Bonchev–Trinajstić information content (AvgIpc) is 2.48. The summed E-state index contributed by atoms with van der Waals surface area (Å²) in [5, 5.41) is 3.63. The van der Waals surface area contributed by atoms with Gasteiger partial charge < -0.3 is 5.32 Å². The van der Waals surface area contributed by atoms with Gasteiger partial charge in [0.2, 0.25) is 0 Å². The van der Waals surface area contributed by atoms with Crippen molar-refractivity contribution >= 4 is 0 Å². The third kappa shape index (κ3) is 4.18. The Morgan fingerprint density at radius 1 is 0.857 bits per heavy atom. The molecule has 1 atom stereocenters. The molecule has 21 heavy (non-hydrogen) atoms. The highest BCUT2D eigenvalue weighted by Crippen LogP contribution is 2.19. The number of hydrogen-bond acceptors (Lipinski definition) is 1. The molecule has 0 saturated carbocycles. The molecule has 2 rings (SSSR count). The summed E-state index contributed by atoms with van der Waals surface area (Å²) >= 11 is 0. The third-order valence-electron chi connectivity index (χ3n) is 4.21. The van der Waals surface area contributed by atoms with Crippen LogP contribution in [0.25, 0.3) is 0 Å². The van der Waals surface area contributed by atoms with E-state index in [1.165, 1.54) is 27.8 Å². The maximum Gasteiger partial charge on any atom is 0.0294 e. The summed E-state index contributed by atoms with van der Waals surface area (Å²) in [4.78, 5) is 0. The molecule has 0 amide bonds. The molecule has 1 nitrogen and oxygen atoms in total. The van der Waals surface area contributed by atoms with E-state index in [4.69, 9.17) is 0 Å². The summed E-state index contributed by atoms with van der Waals surface area (Å²) in [6, 6.07) is 16.0. The molecule has 0 aromatic heterocycles. The van der Waals surface area contributed by atoms with Crippen LogP contribution in [-0.2, 0) is 6.54 Å². The molecule has 0 aliphatic heterocycles. The van der Waals surface area contributed by atoms with Crippen LogP contribution >= 0.6 is 0 Å². The quantitative estimate of drug-likeness (QED) is 0.786. The molecule has 1 unspecified atom stereocenters. The monoisotopic (exact) mass is 281 g/mol. The third-order valence-corrected chi connectivity index (χ3v) is 4.21. The van der Waals surface area contributed by atoms with Gasteiger partial charge in [0.05, 0.1) is 0 Å². The van der Waals surface area contributed by atoms with Crippen molar-refractivity contribution in [2.75, 3.05) is 0 Å². The molecule has 0 spiro atoms. The van der Waals surface area contributed by atoms with Crippen LogP contribution in [0.3, 0.4) is 0 Å². The van der Waals surface area contributed by atoms with E-state index >= 15 is 0 Å². The molecule has 0 bridgehead atoms. The van der Waals surface area contributed by atoms with Crippen molar-refractivity contribution in [1.29, 1.82) is 0 Å². The first-order valence-corrected chi connectivity index (χ1v) is 7.86. The summed E-state index contributed by atoms with van der Waals surface area (Å²) in [5.41, 5.74) is 6.83. The Kier molecular flexibility index (Phi) is 5.19. The van der Waals surface area contributed by atoms with E-state index in [2.05, 4.69) is 82.4 Å². The Labute approximate surface area is 129 Å². The summed E-state index contributed by atoms with van der Waals surface area (Å²) in [6.07, 6.45) is 0. The van der Waals surface area contributed by atoms with Crippen LogP contribution in [-0.4, -0.2) is 0 Å². The summed E-state index contributed by atoms with van der Waals surface area (Å²) in [6.45, 7) is 11.9. The fourth-order valence-electron chi connectivity index (χ4n) is 2.54. The molecule has 0 aliphatic carbocycles. The number of rotatable bonds is 5. The van der Waals surface area contributed by atoms with Gasteiger partial charge in [0.25, 0.3) is 0 Å². The van der Waals surface area contributed by atoms with Crippen LogP contribution in [0.1, 0.15) is 60.5 Å². The Morgan fingerprint density at radius 2 is 1.48 bits per heavy atom. The number of benzene rings is 2. The fourth-order valence-corrected chi connectivity index (χ4v) is 2.54. The molecular formula is C20H27N. The smallest absolute Gasteiger partial charge is 0.0294 e. The first kappa shape index (κ1) is 15.8. The Morgan fingerprint density at radius 3 is 2.10 bits per heavy atom. The van der Waals surface area contributed by atoms with Gasteiger partial charge in [-0.15, -0.1) is 0 Å². The SMILES string of the molecule is Cc1ccc(C)c(CNC(C)c2ccc(C(C)C)cc2)c1. The van der Waals surface area contributed by atoms with E-state index in [0.717, 1.165) is 6.54 Å². The lowest BCUT2D eigenvalue weighted by atomic mass is 9.99. The van der Waals surface area contributed by atoms with Gasteiger partial charge in [0.1, 0.15) is 0 Å². The van der Waals surface area contributed by atoms with Crippen molar-refractivity contribution in [3.05, 3.63) is 70.3 Å². The zero-order chi connectivity index (χ0) is 15.4. The van der Waals surface area contributed by atoms with E-state index in [-0.39, 0.29) is 0 Å². The molecule has 0 aliphatic rings. The Hall–Kier alpha value is -1.60. The highest BCUT2D eigenvalue weighted by molar-refractivity contribution is 5.31. The molecule has 0 saturated heterocycles. The van der Waals surface area contributed by atoms with Gasteiger partial charge in [-0.05, 0) is 48.9 Å². The summed E-state index contributed by atoms with van der Waals surface area (Å²) in [7, 11) is 0. The topological polar surface area (TPSA) is 12.0 Å². The van der Waals surface area contributed by atoms with Crippen LogP contribution in [0.2, 0.25) is 0 Å². The van der Waals surface area contributed by atoms with E-state index < -0.39 is 0 Å². The number of aryl methyl sites for hydroxylation is 2. The molecule has 1 heteroatoms. The van der Waals surface area contributed by atoms with Gasteiger partial charge in [0.15, 0.2) is 0 Å². The van der Waals surface area contributed by atoms with Crippen molar-refractivity contribution < 1.29 is 0 Å². The Balaban J connectivity index is 2.01. The Bertz CT molecular complexity index is 581. The zero-order valence-electron chi connectivity index (χ0n) is 13.9. The maximum absolute atomic E-state index is 3.63. The number of nitrogens with one attached hydrogen (secondary N) is 1. The lowest BCUT2D eigenvalue weighted by Crippen LogP contribution is -2.18. The molecule has 2 aromatic carbocycles. The van der Waals surface area contributed by atoms with Crippen LogP contribution in [0.15, 0.2) is 42.5 Å². The van der Waals surface area contributed by atoms with Crippen molar-refractivity contribution in [3.63, 3.8) is 0 Å². The molecule has 0 fully saturated rings. The predicted octanol–water partition coefficient (Wildman–Crippen LogP) is 5.28. The van der Waals surface area contributed by atoms with E-state index in [1.54, 1.807) is 0 Å². The van der Waals surface area contributed by atoms with Crippen LogP contribution in [0.4, 0.5) is 0 Å². The maximum atomic E-state index is 3.63. The molecule has 0 radical (unpaired) electrons. The van der Waals surface area contributed by atoms with Crippen molar-refractivity contribution in [1.82, 2.24) is 5.32 Å². The lowest BCUT2D eigenvalue weighted by molar-refractivity contribution is 0.573. The average molecular weight is 281 g/mol. The summed E-state index contributed by atoms with van der Waals surface area (Å²) < 4.78 is 0. The highest BCUT2D eigenvalue weighted by atomic mass is 14.9. The predicted molar refractivity (Wildman–Crippen MR) is 91.7 cm³/mol. The van der Waals surface area contributed by atoms with Crippen LogP contribution < -0.4 is 5.32 Å². The van der Waals surface area contributed by atoms with Crippen molar-refractivity contribution in [2.45, 2.75) is 53.1 Å². The van der Waals surface area contributed by atoms with Gasteiger partial charge in [-0.2, -0.15) is 0 Å². The second-order valence-corrected chi connectivity index (χ2v) is 6.35. The molecular weight excluding hydrogens is 254 g/mol. The minimum absolute atomic E-state index is 0.367. The lowest BCUT2D eigenvalue weighted by Gasteiger charge is -2.17. The fraction of sp³-hybridized carbons (Fsp3) is 0.400. The largest absolute Gasteiger partial charge is 0.306 e. The zero-order valence-corrected chi connectivity index (χ0v) is 13.9. The van der Waals surface area contributed by atoms with E-state index in [9.17, 15) is 0 Å². The molecule has 1 N–H and O–H groups in total. The van der Waals surface area contributed by atoms with Crippen LogP contribution in [0, 0.1) is 13.8 Å². The first-order valence-electron chi connectivity index (χ1n) is 7.86. The highest BCUT2D eigenvalue weighted by Gasteiger charge is 2.07. The standard InChI is InChI=1S/C20H27N/c1-14(2)18-8-10-19(11-9-18)17(5)21-13-20-12-15(3)6-7-16(20)4/h6-12,14,17,21H,13H2,1-5H3. The van der Waals surface area contributed by atoms with Gasteiger partial charge in [0, 0.05) is 12.6 Å². The minimum atomic E-state index is 0.367. The second-order valence-electron chi connectivity index (χ2n) is 6.35. The first-order chi connectivity index (χ1) is 9.97. The second kappa shape index (κ2) is 6.91. The van der Waals surface area contributed by atoms with E-state index in [1.807, 2.05) is 0 Å². The van der Waals surface area contributed by atoms with Crippen molar-refractivity contribution in [3.8, 4) is 0 Å². The van der Waals surface area contributed by atoms with Crippen LogP contribution in [0.5, 0.6) is 0 Å². The minimum Gasteiger partial charge on any atom is -0.306 e. The van der Waals surface area contributed by atoms with Gasteiger partial charge >= 0.3 is 0 Å².